The largest absolute Gasteiger partial charge is 0.371 e. The molecule has 0 spiro atoms. The highest BCUT2D eigenvalue weighted by Crippen LogP contribution is 2.38. The maximum Gasteiger partial charge on any atom is 0.0782 e. The minimum absolute atomic E-state index is 0.174. The Balaban J connectivity index is 1.87. The van der Waals surface area contributed by atoms with E-state index < -0.39 is 0 Å². The van der Waals surface area contributed by atoms with E-state index >= 15 is 0 Å². The summed E-state index contributed by atoms with van der Waals surface area (Å²) in [5, 5.41) is 1.02. The quantitative estimate of drug-likeness (QED) is 0.695. The molecule has 1 unspecified atom stereocenters. The third-order valence-corrected chi connectivity index (χ3v) is 5.28. The van der Waals surface area contributed by atoms with Crippen LogP contribution in [-0.4, -0.2) is 17.0 Å². The predicted octanol–water partition coefficient (Wildman–Crippen LogP) is 4.29. The van der Waals surface area contributed by atoms with E-state index in [0.29, 0.717) is 6.10 Å². The Morgan fingerprint density at radius 1 is 1.20 bits per heavy atom. The summed E-state index contributed by atoms with van der Waals surface area (Å²) >= 11 is 3.66. The van der Waals surface area contributed by atoms with Crippen LogP contribution >= 0.6 is 15.9 Å². The minimum Gasteiger partial charge on any atom is -0.371 e. The molecule has 88 valence electrons. The highest BCUT2D eigenvalue weighted by Gasteiger charge is 2.36. The van der Waals surface area contributed by atoms with E-state index in [1.807, 2.05) is 0 Å². The van der Waals surface area contributed by atoms with Gasteiger partial charge in [-0.1, -0.05) is 41.6 Å². The molecule has 2 aliphatic carbocycles. The normalized spacial score (nSPS) is 28.4. The van der Waals surface area contributed by atoms with E-state index in [1.54, 1.807) is 0 Å². The Kier molecular flexibility index (Phi) is 4.11. The van der Waals surface area contributed by atoms with Crippen LogP contribution in [0.1, 0.15) is 58.3 Å². The molecule has 2 fully saturated rings. The third-order valence-electron chi connectivity index (χ3n) is 4.26. The van der Waals surface area contributed by atoms with Gasteiger partial charge in [0.05, 0.1) is 11.7 Å². The van der Waals surface area contributed by atoms with E-state index in [4.69, 9.17) is 4.74 Å². The molecule has 0 radical (unpaired) electrons. The molecule has 1 nitrogen and oxygen atoms in total. The van der Waals surface area contributed by atoms with Crippen LogP contribution in [0.25, 0.3) is 0 Å². The van der Waals surface area contributed by atoms with Gasteiger partial charge in [-0.3, -0.25) is 0 Å². The van der Waals surface area contributed by atoms with Gasteiger partial charge in [-0.2, -0.15) is 0 Å². The number of hydrogen-bond donors (Lipinski definition) is 0. The minimum atomic E-state index is 0.174. The molecule has 1 atom stereocenters. The molecule has 15 heavy (non-hydrogen) atoms. The van der Waals surface area contributed by atoms with E-state index in [-0.39, 0.29) is 5.60 Å². The van der Waals surface area contributed by atoms with Crippen LogP contribution in [0, 0.1) is 5.92 Å². The first-order chi connectivity index (χ1) is 7.26. The lowest BCUT2D eigenvalue weighted by Gasteiger charge is -2.42. The van der Waals surface area contributed by atoms with Gasteiger partial charge in [-0.15, -0.1) is 0 Å². The van der Waals surface area contributed by atoms with Crippen LogP contribution in [0.3, 0.4) is 0 Å². The Morgan fingerprint density at radius 3 is 2.33 bits per heavy atom. The maximum absolute atomic E-state index is 6.39. The molecule has 2 saturated carbocycles. The standard InChI is InChI=1S/C13H23BrO/c1-11(12-6-5-7-12)15-13(10-14)8-3-2-4-9-13/h11-12H,2-10H2,1H3. The van der Waals surface area contributed by atoms with Crippen molar-refractivity contribution in [1.82, 2.24) is 0 Å². The van der Waals surface area contributed by atoms with E-state index in [9.17, 15) is 0 Å². The van der Waals surface area contributed by atoms with Gasteiger partial charge in [0.15, 0.2) is 0 Å². The molecular weight excluding hydrogens is 252 g/mol. The average Bonchev–Trinajstić information content (AvgIpc) is 2.16. The van der Waals surface area contributed by atoms with E-state index in [1.165, 1.54) is 51.4 Å². The van der Waals surface area contributed by atoms with Gasteiger partial charge in [0, 0.05) is 5.33 Å². The number of rotatable bonds is 4. The van der Waals surface area contributed by atoms with Crippen LogP contribution in [0.5, 0.6) is 0 Å². The van der Waals surface area contributed by atoms with Crippen molar-refractivity contribution >= 4 is 15.9 Å². The summed E-state index contributed by atoms with van der Waals surface area (Å²) in [4.78, 5) is 0. The fourth-order valence-electron chi connectivity index (χ4n) is 2.88. The van der Waals surface area contributed by atoms with Crippen LogP contribution in [0.4, 0.5) is 0 Å². The van der Waals surface area contributed by atoms with Gasteiger partial charge in [0.2, 0.25) is 0 Å². The molecule has 2 heteroatoms. The topological polar surface area (TPSA) is 9.23 Å². The third kappa shape index (κ3) is 2.76. The zero-order chi connectivity index (χ0) is 10.7. The fraction of sp³-hybridized carbons (Fsp3) is 1.00. The second kappa shape index (κ2) is 5.18. The summed E-state index contributed by atoms with van der Waals surface area (Å²) < 4.78 is 6.39. The highest BCUT2D eigenvalue weighted by atomic mass is 79.9. The van der Waals surface area contributed by atoms with Crippen molar-refractivity contribution < 1.29 is 4.74 Å². The summed E-state index contributed by atoms with van der Waals surface area (Å²) in [5.41, 5.74) is 0.174. The van der Waals surface area contributed by atoms with Gasteiger partial charge in [-0.25, -0.2) is 0 Å². The molecule has 0 aromatic carbocycles. The summed E-state index contributed by atoms with van der Waals surface area (Å²) in [6.45, 7) is 2.28. The van der Waals surface area contributed by atoms with E-state index in [0.717, 1.165) is 11.2 Å². The molecule has 0 bridgehead atoms. The number of halogens is 1. The van der Waals surface area contributed by atoms with Crippen molar-refractivity contribution in [1.29, 1.82) is 0 Å². The summed E-state index contributed by atoms with van der Waals surface area (Å²) in [6.07, 6.45) is 11.3. The first-order valence-electron chi connectivity index (χ1n) is 6.49. The van der Waals surface area contributed by atoms with Crippen LogP contribution in [0.2, 0.25) is 0 Å². The highest BCUT2D eigenvalue weighted by molar-refractivity contribution is 9.09. The maximum atomic E-state index is 6.39. The number of ether oxygens (including phenoxy) is 1. The SMILES string of the molecule is CC(OC1(CBr)CCCCC1)C1CCC1. The molecule has 0 aliphatic heterocycles. The zero-order valence-corrected chi connectivity index (χ0v) is 11.4. The summed E-state index contributed by atoms with van der Waals surface area (Å²) in [7, 11) is 0. The van der Waals surface area contributed by atoms with E-state index in [2.05, 4.69) is 22.9 Å². The van der Waals surface area contributed by atoms with Crippen molar-refractivity contribution in [3.05, 3.63) is 0 Å². The van der Waals surface area contributed by atoms with Crippen molar-refractivity contribution in [2.24, 2.45) is 5.92 Å². The molecule has 0 saturated heterocycles. The lowest BCUT2D eigenvalue weighted by Crippen LogP contribution is -2.42. The smallest absolute Gasteiger partial charge is 0.0782 e. The van der Waals surface area contributed by atoms with Crippen molar-refractivity contribution in [3.8, 4) is 0 Å². The van der Waals surface area contributed by atoms with Crippen LogP contribution in [0.15, 0.2) is 0 Å². The fourth-order valence-corrected chi connectivity index (χ4v) is 3.57. The van der Waals surface area contributed by atoms with Crippen LogP contribution in [-0.2, 0) is 4.74 Å². The monoisotopic (exact) mass is 274 g/mol. The second-order valence-electron chi connectivity index (χ2n) is 5.39. The van der Waals surface area contributed by atoms with Gasteiger partial charge in [0.1, 0.15) is 0 Å². The molecule has 2 aliphatic rings. The van der Waals surface area contributed by atoms with Gasteiger partial charge >= 0.3 is 0 Å². The lowest BCUT2D eigenvalue weighted by atomic mass is 9.80. The van der Waals surface area contributed by atoms with Crippen molar-refractivity contribution in [3.63, 3.8) is 0 Å². The number of alkyl halides is 1. The average molecular weight is 275 g/mol. The first-order valence-corrected chi connectivity index (χ1v) is 7.62. The van der Waals surface area contributed by atoms with Gasteiger partial charge in [0.25, 0.3) is 0 Å². The van der Waals surface area contributed by atoms with Crippen LogP contribution < -0.4 is 0 Å². The molecule has 0 aromatic rings. The van der Waals surface area contributed by atoms with Crippen molar-refractivity contribution in [2.45, 2.75) is 70.0 Å². The van der Waals surface area contributed by atoms with Crippen molar-refractivity contribution in [2.75, 3.05) is 5.33 Å². The second-order valence-corrected chi connectivity index (χ2v) is 5.95. The summed E-state index contributed by atoms with van der Waals surface area (Å²) in [6, 6.07) is 0. The Bertz CT molecular complexity index is 195. The van der Waals surface area contributed by atoms with Gasteiger partial charge in [-0.05, 0) is 38.5 Å². The Labute approximate surface area is 102 Å². The molecule has 0 N–H and O–H groups in total. The molecular formula is C13H23BrO. The zero-order valence-electron chi connectivity index (χ0n) is 9.80. The Morgan fingerprint density at radius 2 is 1.87 bits per heavy atom. The first kappa shape index (κ1) is 11.9. The predicted molar refractivity (Wildman–Crippen MR) is 67.5 cm³/mol. The molecule has 0 amide bonds. The molecule has 0 aromatic heterocycles. The Hall–Kier alpha value is 0.440. The van der Waals surface area contributed by atoms with Gasteiger partial charge < -0.3 is 4.74 Å². The number of hydrogen-bond acceptors (Lipinski definition) is 1. The lowest BCUT2D eigenvalue weighted by molar-refractivity contribution is -0.121. The molecule has 0 heterocycles. The summed E-state index contributed by atoms with van der Waals surface area (Å²) in [5.74, 6) is 0.850. The molecule has 2 rings (SSSR count).